The van der Waals surface area contributed by atoms with E-state index in [0.29, 0.717) is 24.1 Å². The van der Waals surface area contributed by atoms with Gasteiger partial charge < -0.3 is 10.6 Å². The van der Waals surface area contributed by atoms with E-state index in [0.717, 1.165) is 36.1 Å². The Morgan fingerprint density at radius 2 is 1.73 bits per heavy atom. The van der Waals surface area contributed by atoms with Crippen LogP contribution in [0.4, 0.5) is 17.1 Å². The highest BCUT2D eigenvalue weighted by Gasteiger charge is 2.41. The number of anilines is 2. The van der Waals surface area contributed by atoms with Crippen LogP contribution in [0.2, 0.25) is 0 Å². The van der Waals surface area contributed by atoms with Gasteiger partial charge >= 0.3 is 0 Å². The molecule has 5 rings (SSSR count). The number of carbonyl (C=O) groups excluding carboxylic acids is 3. The van der Waals surface area contributed by atoms with Crippen molar-refractivity contribution in [3.63, 3.8) is 0 Å². The van der Waals surface area contributed by atoms with Gasteiger partial charge in [-0.05, 0) is 67.3 Å². The van der Waals surface area contributed by atoms with Crippen LogP contribution in [0.25, 0.3) is 0 Å². The number of para-hydroxylation sites is 1. The first-order valence-electron chi connectivity index (χ1n) is 13.3. The average molecular weight is 559 g/mol. The lowest BCUT2D eigenvalue weighted by molar-refractivity contribution is -0.384. The van der Waals surface area contributed by atoms with E-state index in [1.807, 2.05) is 31.2 Å². The third kappa shape index (κ3) is 5.58. The highest BCUT2D eigenvalue weighted by molar-refractivity contribution is 8.00. The van der Waals surface area contributed by atoms with Gasteiger partial charge in [-0.3, -0.25) is 29.4 Å². The Balaban J connectivity index is 1.38. The van der Waals surface area contributed by atoms with Gasteiger partial charge in [0.15, 0.2) is 0 Å². The minimum atomic E-state index is -1.03. The number of benzene rings is 3. The minimum absolute atomic E-state index is 0.0219. The Morgan fingerprint density at radius 3 is 2.42 bits per heavy atom. The first-order chi connectivity index (χ1) is 19.3. The molecule has 0 aromatic heterocycles. The Morgan fingerprint density at radius 1 is 1.00 bits per heavy atom. The van der Waals surface area contributed by atoms with Crippen molar-refractivity contribution in [3.05, 3.63) is 99.6 Å². The maximum absolute atomic E-state index is 13.6. The van der Waals surface area contributed by atoms with Gasteiger partial charge in [-0.2, -0.15) is 0 Å². The highest BCUT2D eigenvalue weighted by Crippen LogP contribution is 2.42. The lowest BCUT2D eigenvalue weighted by Crippen LogP contribution is -2.57. The quantitative estimate of drug-likeness (QED) is 0.281. The molecule has 206 valence electrons. The fourth-order valence-corrected chi connectivity index (χ4v) is 6.49. The van der Waals surface area contributed by atoms with Crippen molar-refractivity contribution in [2.75, 3.05) is 16.0 Å². The van der Waals surface area contributed by atoms with Crippen molar-refractivity contribution >= 4 is 46.5 Å². The fraction of sp³-hybridized carbons (Fsp3) is 0.300. The van der Waals surface area contributed by atoms with E-state index in [4.69, 9.17) is 0 Å². The fourth-order valence-electron chi connectivity index (χ4n) is 5.32. The van der Waals surface area contributed by atoms with Crippen LogP contribution in [0, 0.1) is 17.0 Å². The minimum Gasteiger partial charge on any atom is -0.338 e. The van der Waals surface area contributed by atoms with Crippen molar-refractivity contribution in [1.29, 1.82) is 0 Å². The topological polar surface area (TPSA) is 122 Å². The highest BCUT2D eigenvalue weighted by atomic mass is 32.2. The molecular weight excluding hydrogens is 528 g/mol. The number of nitro groups is 1. The Bertz CT molecular complexity index is 1450. The Kier molecular flexibility index (Phi) is 7.88. The van der Waals surface area contributed by atoms with Gasteiger partial charge in [0.05, 0.1) is 10.7 Å². The van der Waals surface area contributed by atoms with Gasteiger partial charge in [0.1, 0.15) is 10.9 Å². The summed E-state index contributed by atoms with van der Waals surface area (Å²) in [5.74, 6) is -0.474. The number of aryl methyl sites for hydroxylation is 1. The summed E-state index contributed by atoms with van der Waals surface area (Å²) in [5, 5.41) is 16.8. The standard InChI is InChI=1S/C30H30N4O5S/c1-20-8-3-4-11-25(20)31-29(37)30(16-5-2-6-17-30)32-27(36)22-9-7-10-24(18-22)33-26(35)19-40-28(33)21-12-14-23(15-13-21)34(38)39/h3-4,7-15,18,28H,2,5-6,16-17,19H2,1H3,(H,31,37)(H,32,36)/t28-/m1/s1. The zero-order valence-corrected chi connectivity index (χ0v) is 22.9. The van der Waals surface area contributed by atoms with Crippen molar-refractivity contribution < 1.29 is 19.3 Å². The van der Waals surface area contributed by atoms with E-state index < -0.39 is 10.5 Å². The van der Waals surface area contributed by atoms with Crippen LogP contribution in [0.1, 0.15) is 59.0 Å². The van der Waals surface area contributed by atoms with Crippen LogP contribution in [0.15, 0.2) is 72.8 Å². The molecule has 40 heavy (non-hydrogen) atoms. The maximum atomic E-state index is 13.6. The first-order valence-corrected chi connectivity index (χ1v) is 14.3. The number of nitrogens with one attached hydrogen (secondary N) is 2. The van der Waals surface area contributed by atoms with Crippen molar-refractivity contribution in [1.82, 2.24) is 5.32 Å². The SMILES string of the molecule is Cc1ccccc1NC(=O)C1(NC(=O)c2cccc(N3C(=O)CS[C@@H]3c3ccc([N+](=O)[O-])cc3)c2)CCCCC1. The summed E-state index contributed by atoms with van der Waals surface area (Å²) in [6, 6.07) is 20.5. The van der Waals surface area contributed by atoms with Gasteiger partial charge in [0, 0.05) is 29.1 Å². The molecule has 1 atom stereocenters. The zero-order valence-electron chi connectivity index (χ0n) is 22.1. The number of carbonyl (C=O) groups is 3. The van der Waals surface area contributed by atoms with Crippen molar-refractivity contribution in [2.45, 2.75) is 49.9 Å². The molecule has 3 aromatic rings. The lowest BCUT2D eigenvalue weighted by Gasteiger charge is -2.37. The van der Waals surface area contributed by atoms with Crippen molar-refractivity contribution in [3.8, 4) is 0 Å². The van der Waals surface area contributed by atoms with E-state index in [-0.39, 0.29) is 34.5 Å². The third-order valence-corrected chi connectivity index (χ3v) is 8.74. The molecule has 0 radical (unpaired) electrons. The molecule has 0 bridgehead atoms. The van der Waals surface area contributed by atoms with Gasteiger partial charge in [-0.25, -0.2) is 0 Å². The number of thioether (sulfide) groups is 1. The smallest absolute Gasteiger partial charge is 0.269 e. The number of nitrogens with zero attached hydrogens (tertiary/aromatic N) is 2. The van der Waals surface area contributed by atoms with Crippen LogP contribution in [0.5, 0.6) is 0 Å². The van der Waals surface area contributed by atoms with Crippen LogP contribution in [-0.4, -0.2) is 33.9 Å². The largest absolute Gasteiger partial charge is 0.338 e. The molecule has 0 spiro atoms. The molecule has 1 aliphatic carbocycles. The predicted octanol–water partition coefficient (Wildman–Crippen LogP) is 5.75. The number of hydrogen-bond acceptors (Lipinski definition) is 6. The Labute approximate surface area is 236 Å². The molecule has 1 saturated heterocycles. The number of rotatable bonds is 7. The summed E-state index contributed by atoms with van der Waals surface area (Å²) in [6.07, 6.45) is 3.75. The Hall–Kier alpha value is -4.18. The zero-order chi connectivity index (χ0) is 28.3. The van der Waals surface area contributed by atoms with E-state index in [1.54, 1.807) is 41.3 Å². The summed E-state index contributed by atoms with van der Waals surface area (Å²) in [7, 11) is 0. The molecule has 10 heteroatoms. The molecule has 1 heterocycles. The van der Waals surface area contributed by atoms with Crippen LogP contribution in [-0.2, 0) is 9.59 Å². The number of hydrogen-bond donors (Lipinski definition) is 2. The molecule has 3 aromatic carbocycles. The molecule has 2 aliphatic rings. The molecule has 1 saturated carbocycles. The molecule has 1 aliphatic heterocycles. The number of amides is 3. The lowest BCUT2D eigenvalue weighted by atomic mass is 9.80. The predicted molar refractivity (Wildman–Crippen MR) is 155 cm³/mol. The second kappa shape index (κ2) is 11.5. The summed E-state index contributed by atoms with van der Waals surface area (Å²) < 4.78 is 0. The van der Waals surface area contributed by atoms with Crippen LogP contribution in [0.3, 0.4) is 0 Å². The summed E-state index contributed by atoms with van der Waals surface area (Å²) in [5.41, 5.74) is 2.25. The molecule has 3 amide bonds. The molecule has 2 fully saturated rings. The normalized spacial score (nSPS) is 18.3. The van der Waals surface area contributed by atoms with E-state index in [9.17, 15) is 24.5 Å². The van der Waals surface area contributed by atoms with Gasteiger partial charge in [0.25, 0.3) is 11.6 Å². The third-order valence-electron chi connectivity index (χ3n) is 7.53. The molecule has 9 nitrogen and oxygen atoms in total. The van der Waals surface area contributed by atoms with Gasteiger partial charge in [-0.1, -0.05) is 43.5 Å². The first kappa shape index (κ1) is 27.4. The van der Waals surface area contributed by atoms with E-state index in [1.165, 1.54) is 23.9 Å². The summed E-state index contributed by atoms with van der Waals surface area (Å²) >= 11 is 1.42. The average Bonchev–Trinajstić information content (AvgIpc) is 3.36. The van der Waals surface area contributed by atoms with Gasteiger partial charge in [-0.15, -0.1) is 11.8 Å². The summed E-state index contributed by atoms with van der Waals surface area (Å²) in [4.78, 5) is 52.3. The van der Waals surface area contributed by atoms with Crippen LogP contribution < -0.4 is 15.5 Å². The van der Waals surface area contributed by atoms with E-state index >= 15 is 0 Å². The summed E-state index contributed by atoms with van der Waals surface area (Å²) in [6.45, 7) is 1.93. The maximum Gasteiger partial charge on any atom is 0.269 e. The second-order valence-corrected chi connectivity index (χ2v) is 11.3. The number of non-ortho nitro benzene ring substituents is 1. The molecule has 0 unspecified atom stereocenters. The van der Waals surface area contributed by atoms with Crippen molar-refractivity contribution in [2.24, 2.45) is 0 Å². The number of nitro benzene ring substituents is 1. The van der Waals surface area contributed by atoms with E-state index in [2.05, 4.69) is 10.6 Å². The monoisotopic (exact) mass is 558 g/mol. The second-order valence-electron chi connectivity index (χ2n) is 10.2. The van der Waals surface area contributed by atoms with Gasteiger partial charge in [0.2, 0.25) is 11.8 Å². The molecular formula is C30H30N4O5S. The van der Waals surface area contributed by atoms with Crippen LogP contribution >= 0.6 is 11.8 Å². The molecule has 2 N–H and O–H groups in total.